The number of amides is 2. The molecule has 0 aromatic carbocycles. The fourth-order valence-corrected chi connectivity index (χ4v) is 5.16. The zero-order valence-electron chi connectivity index (χ0n) is 15.3. The third kappa shape index (κ3) is 4.13. The Kier molecular flexibility index (Phi) is 5.92. The maximum absolute atomic E-state index is 12.7. The second kappa shape index (κ2) is 7.82. The Hall–Kier alpha value is -0.830. The molecule has 3 heterocycles. The Balaban J connectivity index is 1.52. The highest BCUT2D eigenvalue weighted by atomic mass is 32.2. The Labute approximate surface area is 154 Å². The van der Waals surface area contributed by atoms with Crippen LogP contribution in [-0.2, 0) is 9.59 Å². The highest BCUT2D eigenvalue weighted by Gasteiger charge is 2.45. The molecule has 0 aromatic rings. The van der Waals surface area contributed by atoms with Gasteiger partial charge in [-0.1, -0.05) is 13.8 Å². The number of carbonyl (C=O) groups is 2. The molecule has 2 amide bonds. The summed E-state index contributed by atoms with van der Waals surface area (Å²) in [6.45, 7) is 8.74. The lowest BCUT2D eigenvalue weighted by atomic mass is 9.99. The fraction of sp³-hybridized carbons (Fsp3) is 0.882. The molecule has 8 heteroatoms. The van der Waals surface area contributed by atoms with Crippen LogP contribution in [0.15, 0.2) is 0 Å². The summed E-state index contributed by atoms with van der Waals surface area (Å²) in [6.07, 6.45) is 1.75. The van der Waals surface area contributed by atoms with Gasteiger partial charge in [-0.15, -0.1) is 11.8 Å². The van der Waals surface area contributed by atoms with Gasteiger partial charge in [0, 0.05) is 45.0 Å². The van der Waals surface area contributed by atoms with E-state index in [1.54, 1.807) is 0 Å². The molecule has 0 saturated carbocycles. The SMILES string of the molecule is CC(C)[C@H](N)C(=O)N1CCC2(CC1)N[C@H](C(=O)N1CCNCC1)CS2. The fourth-order valence-electron chi connectivity index (χ4n) is 3.76. The number of likely N-dealkylation sites (tertiary alicyclic amines) is 1. The Bertz CT molecular complexity index is 501. The quantitative estimate of drug-likeness (QED) is 0.617. The molecule has 3 aliphatic rings. The van der Waals surface area contributed by atoms with Crippen molar-refractivity contribution < 1.29 is 9.59 Å². The first-order chi connectivity index (χ1) is 11.9. The highest BCUT2D eigenvalue weighted by molar-refractivity contribution is 8.01. The van der Waals surface area contributed by atoms with Crippen LogP contribution in [0.3, 0.4) is 0 Å². The number of rotatable bonds is 3. The van der Waals surface area contributed by atoms with E-state index >= 15 is 0 Å². The molecule has 25 heavy (non-hydrogen) atoms. The summed E-state index contributed by atoms with van der Waals surface area (Å²) in [4.78, 5) is 28.9. The average Bonchev–Trinajstić information content (AvgIpc) is 3.04. The maximum atomic E-state index is 12.7. The zero-order valence-corrected chi connectivity index (χ0v) is 16.1. The van der Waals surface area contributed by atoms with Crippen LogP contribution in [0.4, 0.5) is 0 Å². The number of hydrogen-bond donors (Lipinski definition) is 3. The lowest BCUT2D eigenvalue weighted by Gasteiger charge is -2.40. The van der Waals surface area contributed by atoms with Crippen molar-refractivity contribution >= 4 is 23.6 Å². The molecule has 0 radical (unpaired) electrons. The molecule has 7 nitrogen and oxygen atoms in total. The van der Waals surface area contributed by atoms with E-state index in [-0.39, 0.29) is 28.6 Å². The predicted octanol–water partition coefficient (Wildman–Crippen LogP) is -0.575. The summed E-state index contributed by atoms with van der Waals surface area (Å²) in [5.41, 5.74) is 6.01. The summed E-state index contributed by atoms with van der Waals surface area (Å²) in [7, 11) is 0. The molecular weight excluding hydrogens is 338 g/mol. The zero-order chi connectivity index (χ0) is 18.0. The van der Waals surface area contributed by atoms with Gasteiger partial charge >= 0.3 is 0 Å². The minimum absolute atomic E-state index is 0.0568. The summed E-state index contributed by atoms with van der Waals surface area (Å²) < 4.78 is 0. The van der Waals surface area contributed by atoms with Crippen LogP contribution in [0.1, 0.15) is 26.7 Å². The van der Waals surface area contributed by atoms with Crippen LogP contribution < -0.4 is 16.4 Å². The first kappa shape index (κ1) is 18.9. The van der Waals surface area contributed by atoms with Crippen molar-refractivity contribution in [3.63, 3.8) is 0 Å². The topological polar surface area (TPSA) is 90.7 Å². The van der Waals surface area contributed by atoms with Crippen molar-refractivity contribution in [3.8, 4) is 0 Å². The van der Waals surface area contributed by atoms with Crippen LogP contribution >= 0.6 is 11.8 Å². The average molecular weight is 370 g/mol. The number of nitrogens with two attached hydrogens (primary N) is 1. The molecule has 4 N–H and O–H groups in total. The molecule has 1 spiro atoms. The van der Waals surface area contributed by atoms with Crippen molar-refractivity contribution in [3.05, 3.63) is 0 Å². The molecule has 0 unspecified atom stereocenters. The van der Waals surface area contributed by atoms with E-state index in [1.807, 2.05) is 35.4 Å². The molecule has 3 fully saturated rings. The van der Waals surface area contributed by atoms with Gasteiger partial charge in [-0.25, -0.2) is 0 Å². The predicted molar refractivity (Wildman–Crippen MR) is 100 cm³/mol. The number of nitrogens with one attached hydrogen (secondary N) is 2. The van der Waals surface area contributed by atoms with E-state index in [2.05, 4.69) is 10.6 Å². The summed E-state index contributed by atoms with van der Waals surface area (Å²) in [5.74, 6) is 1.26. The lowest BCUT2D eigenvalue weighted by Crippen LogP contribution is -2.58. The minimum atomic E-state index is -0.416. The lowest BCUT2D eigenvalue weighted by molar-refractivity contribution is -0.136. The van der Waals surface area contributed by atoms with Crippen LogP contribution in [0.25, 0.3) is 0 Å². The number of hydrogen-bond acceptors (Lipinski definition) is 6. The molecule has 0 bridgehead atoms. The smallest absolute Gasteiger partial charge is 0.240 e. The first-order valence-corrected chi connectivity index (χ1v) is 10.4. The Morgan fingerprint density at radius 1 is 1.12 bits per heavy atom. The van der Waals surface area contributed by atoms with E-state index < -0.39 is 6.04 Å². The number of piperazine rings is 1. The van der Waals surface area contributed by atoms with Gasteiger partial charge in [0.1, 0.15) is 0 Å². The number of carbonyl (C=O) groups excluding carboxylic acids is 2. The summed E-state index contributed by atoms with van der Waals surface area (Å²) in [6, 6.07) is -0.511. The van der Waals surface area contributed by atoms with Gasteiger partial charge in [0.2, 0.25) is 11.8 Å². The summed E-state index contributed by atoms with van der Waals surface area (Å²) in [5, 5.41) is 6.88. The van der Waals surface area contributed by atoms with Gasteiger partial charge in [-0.3, -0.25) is 14.9 Å². The number of thioether (sulfide) groups is 1. The van der Waals surface area contributed by atoms with Gasteiger partial charge in [0.05, 0.1) is 17.0 Å². The molecule has 3 saturated heterocycles. The van der Waals surface area contributed by atoms with Crippen LogP contribution in [0.5, 0.6) is 0 Å². The molecule has 3 rings (SSSR count). The minimum Gasteiger partial charge on any atom is -0.341 e. The van der Waals surface area contributed by atoms with Crippen molar-refractivity contribution in [2.45, 2.75) is 43.6 Å². The Morgan fingerprint density at radius 2 is 1.76 bits per heavy atom. The Morgan fingerprint density at radius 3 is 2.36 bits per heavy atom. The van der Waals surface area contributed by atoms with Crippen molar-refractivity contribution in [2.24, 2.45) is 11.7 Å². The van der Waals surface area contributed by atoms with Gasteiger partial charge < -0.3 is 20.9 Å². The van der Waals surface area contributed by atoms with E-state index in [9.17, 15) is 9.59 Å². The van der Waals surface area contributed by atoms with Crippen molar-refractivity contribution in [1.29, 1.82) is 0 Å². The van der Waals surface area contributed by atoms with E-state index in [0.29, 0.717) is 13.1 Å². The van der Waals surface area contributed by atoms with Crippen LogP contribution in [0.2, 0.25) is 0 Å². The monoisotopic (exact) mass is 369 g/mol. The van der Waals surface area contributed by atoms with Gasteiger partial charge in [0.15, 0.2) is 0 Å². The third-order valence-electron chi connectivity index (χ3n) is 5.58. The van der Waals surface area contributed by atoms with Gasteiger partial charge in [-0.2, -0.15) is 0 Å². The van der Waals surface area contributed by atoms with E-state index in [4.69, 9.17) is 5.73 Å². The van der Waals surface area contributed by atoms with E-state index in [0.717, 1.165) is 44.8 Å². The standard InChI is InChI=1S/C17H31N5O2S/c1-12(2)14(18)16(24)21-7-3-17(4-8-21)20-13(11-25-17)15(23)22-9-5-19-6-10-22/h12-14,19-20H,3-11,18H2,1-2H3/t13-,14-/m0/s1. The first-order valence-electron chi connectivity index (χ1n) is 9.37. The third-order valence-corrected chi connectivity index (χ3v) is 7.16. The summed E-state index contributed by atoms with van der Waals surface area (Å²) >= 11 is 1.85. The normalized spacial score (nSPS) is 27.8. The maximum Gasteiger partial charge on any atom is 0.240 e. The number of piperidine rings is 1. The second-order valence-electron chi connectivity index (χ2n) is 7.67. The van der Waals surface area contributed by atoms with Gasteiger partial charge in [0.25, 0.3) is 0 Å². The molecular formula is C17H31N5O2S. The van der Waals surface area contributed by atoms with Crippen LogP contribution in [0, 0.1) is 5.92 Å². The van der Waals surface area contributed by atoms with Crippen molar-refractivity contribution in [2.75, 3.05) is 45.0 Å². The molecule has 2 atom stereocenters. The largest absolute Gasteiger partial charge is 0.341 e. The highest BCUT2D eigenvalue weighted by Crippen LogP contribution is 2.39. The van der Waals surface area contributed by atoms with Gasteiger partial charge in [-0.05, 0) is 18.8 Å². The molecule has 0 aliphatic carbocycles. The van der Waals surface area contributed by atoms with Crippen LogP contribution in [-0.4, -0.2) is 83.6 Å². The molecule has 3 aliphatic heterocycles. The number of nitrogens with zero attached hydrogens (tertiary/aromatic N) is 2. The molecule has 142 valence electrons. The van der Waals surface area contributed by atoms with E-state index in [1.165, 1.54) is 0 Å². The van der Waals surface area contributed by atoms with Crippen molar-refractivity contribution in [1.82, 2.24) is 20.4 Å². The molecule has 0 aromatic heterocycles. The second-order valence-corrected chi connectivity index (χ2v) is 9.08.